The molecule has 9 heteroatoms. The molecule has 3 aromatic rings. The molecule has 31 heavy (non-hydrogen) atoms. The standard InChI is InChI=1S/C22H19F3N2O4/c1-14-6-8-15(9-7-14)30-13-16-10-11-19(31-16)21(29)26-12-20(28)27-18-5-3-2-4-17(18)22(23,24)25/h2-11H,12-13H2,1H3,(H,26,29)(H,27,28). The van der Waals surface area contributed by atoms with E-state index in [9.17, 15) is 22.8 Å². The van der Waals surface area contributed by atoms with Gasteiger partial charge in [-0.25, -0.2) is 0 Å². The second-order valence-corrected chi connectivity index (χ2v) is 6.64. The number of aryl methyl sites for hydroxylation is 1. The summed E-state index contributed by atoms with van der Waals surface area (Å²) in [6, 6.07) is 15.0. The van der Waals surface area contributed by atoms with Crippen LogP contribution in [0.1, 0.15) is 27.4 Å². The first kappa shape index (κ1) is 21.9. The summed E-state index contributed by atoms with van der Waals surface area (Å²) in [5, 5.41) is 4.45. The number of ether oxygens (including phenoxy) is 1. The molecule has 0 saturated heterocycles. The van der Waals surface area contributed by atoms with Crippen molar-refractivity contribution < 1.29 is 31.9 Å². The molecule has 2 amide bonds. The number of halogens is 3. The topological polar surface area (TPSA) is 80.6 Å². The lowest BCUT2D eigenvalue weighted by Gasteiger charge is -2.13. The minimum atomic E-state index is -4.61. The highest BCUT2D eigenvalue weighted by molar-refractivity contribution is 5.98. The minimum Gasteiger partial charge on any atom is -0.486 e. The van der Waals surface area contributed by atoms with Gasteiger partial charge in [-0.2, -0.15) is 13.2 Å². The maximum absolute atomic E-state index is 13.0. The second-order valence-electron chi connectivity index (χ2n) is 6.64. The number of furan rings is 1. The molecule has 0 aliphatic carbocycles. The lowest BCUT2D eigenvalue weighted by Crippen LogP contribution is -2.33. The van der Waals surface area contributed by atoms with Gasteiger partial charge in [0.15, 0.2) is 5.76 Å². The summed E-state index contributed by atoms with van der Waals surface area (Å²) in [4.78, 5) is 24.1. The number of carbonyl (C=O) groups excluding carboxylic acids is 2. The molecule has 3 rings (SSSR count). The van der Waals surface area contributed by atoms with Gasteiger partial charge in [-0.15, -0.1) is 0 Å². The fourth-order valence-electron chi connectivity index (χ4n) is 2.65. The quantitative estimate of drug-likeness (QED) is 0.574. The average molecular weight is 432 g/mol. The number of amides is 2. The molecule has 0 saturated carbocycles. The van der Waals surface area contributed by atoms with Gasteiger partial charge in [0.2, 0.25) is 5.91 Å². The Morgan fingerprint density at radius 3 is 2.42 bits per heavy atom. The van der Waals surface area contributed by atoms with Gasteiger partial charge in [0, 0.05) is 0 Å². The van der Waals surface area contributed by atoms with E-state index in [1.54, 1.807) is 18.2 Å². The van der Waals surface area contributed by atoms with E-state index in [2.05, 4.69) is 10.6 Å². The molecule has 0 aliphatic heterocycles. The number of anilines is 1. The molecule has 162 valence electrons. The third kappa shape index (κ3) is 6.11. The van der Waals surface area contributed by atoms with Gasteiger partial charge in [0.05, 0.1) is 17.8 Å². The van der Waals surface area contributed by atoms with Crippen molar-refractivity contribution in [2.24, 2.45) is 0 Å². The molecular formula is C22H19F3N2O4. The molecule has 0 unspecified atom stereocenters. The Kier molecular flexibility index (Phi) is 6.64. The van der Waals surface area contributed by atoms with Crippen molar-refractivity contribution in [3.05, 3.63) is 83.3 Å². The van der Waals surface area contributed by atoms with Crippen molar-refractivity contribution in [3.63, 3.8) is 0 Å². The van der Waals surface area contributed by atoms with E-state index in [4.69, 9.17) is 9.15 Å². The number of nitrogens with one attached hydrogen (secondary N) is 2. The summed E-state index contributed by atoms with van der Waals surface area (Å²) in [6.45, 7) is 1.53. The highest BCUT2D eigenvalue weighted by Gasteiger charge is 2.33. The van der Waals surface area contributed by atoms with Crippen molar-refractivity contribution in [1.29, 1.82) is 0 Å². The van der Waals surface area contributed by atoms with Crippen LogP contribution in [-0.2, 0) is 17.6 Å². The van der Waals surface area contributed by atoms with Crippen LogP contribution in [0, 0.1) is 6.92 Å². The second kappa shape index (κ2) is 9.38. The Morgan fingerprint density at radius 1 is 1.00 bits per heavy atom. The van der Waals surface area contributed by atoms with Gasteiger partial charge >= 0.3 is 6.18 Å². The third-order valence-electron chi connectivity index (χ3n) is 4.20. The largest absolute Gasteiger partial charge is 0.486 e. The Morgan fingerprint density at radius 2 is 1.71 bits per heavy atom. The molecule has 0 spiro atoms. The summed E-state index contributed by atoms with van der Waals surface area (Å²) in [6.07, 6.45) is -4.61. The Hall–Kier alpha value is -3.75. The van der Waals surface area contributed by atoms with Crippen LogP contribution in [0.4, 0.5) is 18.9 Å². The Labute approximate surface area is 176 Å². The van der Waals surface area contributed by atoms with E-state index in [0.29, 0.717) is 11.5 Å². The zero-order valence-corrected chi connectivity index (χ0v) is 16.5. The molecule has 2 N–H and O–H groups in total. The normalized spacial score (nSPS) is 11.1. The summed E-state index contributed by atoms with van der Waals surface area (Å²) < 4.78 is 49.9. The molecule has 0 fully saturated rings. The molecule has 0 atom stereocenters. The Bertz CT molecular complexity index is 1060. The van der Waals surface area contributed by atoms with Crippen LogP contribution in [0.2, 0.25) is 0 Å². The van der Waals surface area contributed by atoms with E-state index in [-0.39, 0.29) is 18.1 Å². The van der Waals surface area contributed by atoms with Gasteiger partial charge in [0.25, 0.3) is 5.91 Å². The molecule has 6 nitrogen and oxygen atoms in total. The maximum atomic E-state index is 13.0. The van der Waals surface area contributed by atoms with E-state index in [1.165, 1.54) is 18.2 Å². The van der Waals surface area contributed by atoms with E-state index in [1.807, 2.05) is 19.1 Å². The van der Waals surface area contributed by atoms with Crippen LogP contribution in [-0.4, -0.2) is 18.4 Å². The van der Waals surface area contributed by atoms with Crippen LogP contribution in [0.5, 0.6) is 5.75 Å². The molecule has 0 aliphatic rings. The maximum Gasteiger partial charge on any atom is 0.418 e. The molecule has 2 aromatic carbocycles. The molecule has 0 bridgehead atoms. The highest BCUT2D eigenvalue weighted by atomic mass is 19.4. The zero-order chi connectivity index (χ0) is 22.4. The van der Waals surface area contributed by atoms with Crippen LogP contribution in [0.15, 0.2) is 65.1 Å². The minimum absolute atomic E-state index is 0.0500. The molecule has 0 radical (unpaired) electrons. The lowest BCUT2D eigenvalue weighted by atomic mass is 10.1. The van der Waals surface area contributed by atoms with Crippen LogP contribution < -0.4 is 15.4 Å². The lowest BCUT2D eigenvalue weighted by molar-refractivity contribution is -0.137. The van der Waals surface area contributed by atoms with E-state index in [0.717, 1.165) is 17.7 Å². The van der Waals surface area contributed by atoms with Crippen LogP contribution >= 0.6 is 0 Å². The van der Waals surface area contributed by atoms with Gasteiger partial charge in [0.1, 0.15) is 18.1 Å². The third-order valence-corrected chi connectivity index (χ3v) is 4.20. The van der Waals surface area contributed by atoms with Crippen LogP contribution in [0.3, 0.4) is 0 Å². The first-order valence-electron chi connectivity index (χ1n) is 9.25. The first-order chi connectivity index (χ1) is 14.7. The fraction of sp³-hybridized carbons (Fsp3) is 0.182. The van der Waals surface area contributed by atoms with Gasteiger partial charge in [-0.1, -0.05) is 29.8 Å². The smallest absolute Gasteiger partial charge is 0.418 e. The van der Waals surface area contributed by atoms with Crippen molar-refractivity contribution in [3.8, 4) is 5.75 Å². The number of hydrogen-bond acceptors (Lipinski definition) is 4. The van der Waals surface area contributed by atoms with Crippen molar-refractivity contribution in [2.75, 3.05) is 11.9 Å². The molecule has 1 aromatic heterocycles. The summed E-state index contributed by atoms with van der Waals surface area (Å²) in [5.41, 5.74) is -0.267. The fourth-order valence-corrected chi connectivity index (χ4v) is 2.65. The number of carbonyl (C=O) groups is 2. The number of hydrogen-bond donors (Lipinski definition) is 2. The van der Waals surface area contributed by atoms with Gasteiger partial charge in [-0.3, -0.25) is 9.59 Å². The van der Waals surface area contributed by atoms with Crippen molar-refractivity contribution in [1.82, 2.24) is 5.32 Å². The molecule has 1 heterocycles. The summed E-state index contributed by atoms with van der Waals surface area (Å²) in [5.74, 6) is -0.496. The molecular weight excluding hydrogens is 413 g/mol. The Balaban J connectivity index is 1.51. The zero-order valence-electron chi connectivity index (χ0n) is 16.5. The predicted octanol–water partition coefficient (Wildman–Crippen LogP) is 4.55. The monoisotopic (exact) mass is 432 g/mol. The number of benzene rings is 2. The summed E-state index contributed by atoms with van der Waals surface area (Å²) >= 11 is 0. The predicted molar refractivity (Wildman–Crippen MR) is 107 cm³/mol. The van der Waals surface area contributed by atoms with E-state index < -0.39 is 30.1 Å². The van der Waals surface area contributed by atoms with Crippen molar-refractivity contribution in [2.45, 2.75) is 19.7 Å². The SMILES string of the molecule is Cc1ccc(OCc2ccc(C(=O)NCC(=O)Nc3ccccc3C(F)(F)F)o2)cc1. The summed E-state index contributed by atoms with van der Waals surface area (Å²) in [7, 11) is 0. The number of rotatable bonds is 7. The number of para-hydroxylation sites is 1. The average Bonchev–Trinajstić information content (AvgIpc) is 3.20. The highest BCUT2D eigenvalue weighted by Crippen LogP contribution is 2.34. The van der Waals surface area contributed by atoms with E-state index >= 15 is 0 Å². The van der Waals surface area contributed by atoms with Gasteiger partial charge in [-0.05, 0) is 43.3 Å². The number of alkyl halides is 3. The first-order valence-corrected chi connectivity index (χ1v) is 9.25. The van der Waals surface area contributed by atoms with Gasteiger partial charge < -0.3 is 19.8 Å². The van der Waals surface area contributed by atoms with Crippen LogP contribution in [0.25, 0.3) is 0 Å². The van der Waals surface area contributed by atoms with Crippen molar-refractivity contribution >= 4 is 17.5 Å².